The molecule has 3 atom stereocenters. The maximum absolute atomic E-state index is 12.7. The maximum Gasteiger partial charge on any atom is 0.253 e. The smallest absolute Gasteiger partial charge is 0.253 e. The van der Waals surface area contributed by atoms with E-state index in [1.807, 2.05) is 11.0 Å². The van der Waals surface area contributed by atoms with Gasteiger partial charge in [0.2, 0.25) is 5.91 Å². The molecule has 1 aromatic carbocycles. The molecule has 0 saturated carbocycles. The van der Waals surface area contributed by atoms with Crippen molar-refractivity contribution in [3.63, 3.8) is 0 Å². The number of rotatable bonds is 3. The van der Waals surface area contributed by atoms with E-state index in [0.717, 1.165) is 51.1 Å². The van der Waals surface area contributed by atoms with Crippen molar-refractivity contribution in [2.24, 2.45) is 11.8 Å². The molecule has 0 radical (unpaired) electrons. The first-order valence-corrected chi connectivity index (χ1v) is 11.4. The predicted molar refractivity (Wildman–Crippen MR) is 118 cm³/mol. The van der Waals surface area contributed by atoms with Gasteiger partial charge in [-0.15, -0.1) is 0 Å². The van der Waals surface area contributed by atoms with E-state index in [1.54, 1.807) is 31.5 Å². The van der Waals surface area contributed by atoms with E-state index >= 15 is 0 Å². The number of likely N-dealkylation sites (tertiary alicyclic amines) is 3. The number of amides is 2. The van der Waals surface area contributed by atoms with Gasteiger partial charge in [-0.25, -0.2) is 0 Å². The van der Waals surface area contributed by atoms with Gasteiger partial charge in [0.1, 0.15) is 0 Å². The molecule has 0 aliphatic carbocycles. The summed E-state index contributed by atoms with van der Waals surface area (Å²) in [5, 5.41) is 0. The Morgan fingerprint density at radius 3 is 2.32 bits per heavy atom. The number of carbonyl (C=O) groups excluding carboxylic acids is 2. The zero-order valence-corrected chi connectivity index (χ0v) is 18.1. The Morgan fingerprint density at radius 1 is 0.935 bits per heavy atom. The Labute approximate surface area is 183 Å². The highest BCUT2D eigenvalue weighted by Crippen LogP contribution is 2.45. The van der Waals surface area contributed by atoms with E-state index in [1.165, 1.54) is 5.56 Å². The van der Waals surface area contributed by atoms with E-state index in [9.17, 15) is 9.59 Å². The van der Waals surface area contributed by atoms with E-state index in [2.05, 4.69) is 39.0 Å². The van der Waals surface area contributed by atoms with Crippen molar-refractivity contribution in [2.75, 3.05) is 32.7 Å². The van der Waals surface area contributed by atoms with Crippen molar-refractivity contribution in [1.82, 2.24) is 19.7 Å². The standard InChI is InChI=1S/C25H30N4O2/c1-18(30)29-16-21-15-28(17-23(21)24(29)19-5-3-2-4-6-19)22-9-13-27(14-10-22)25(31)20-7-11-26-12-8-20/h2-8,11-12,21-24H,9-10,13-17H2,1H3/t21-,23-,24-/m1/s1. The maximum atomic E-state index is 12.7. The summed E-state index contributed by atoms with van der Waals surface area (Å²) < 4.78 is 0. The fraction of sp³-hybridized carbons (Fsp3) is 0.480. The van der Waals surface area contributed by atoms with E-state index in [-0.39, 0.29) is 17.9 Å². The van der Waals surface area contributed by atoms with E-state index < -0.39 is 0 Å². The highest BCUT2D eigenvalue weighted by atomic mass is 16.2. The first-order chi connectivity index (χ1) is 15.1. The SMILES string of the molecule is CC(=O)N1C[C@H]2CN(C3CCN(C(=O)c4ccncc4)CC3)C[C@H]2[C@H]1c1ccccc1. The van der Waals surface area contributed by atoms with E-state index in [4.69, 9.17) is 0 Å². The minimum atomic E-state index is 0.111. The molecule has 4 heterocycles. The van der Waals surface area contributed by atoms with Crippen molar-refractivity contribution in [2.45, 2.75) is 31.8 Å². The molecule has 6 nitrogen and oxygen atoms in total. The number of benzene rings is 1. The zero-order valence-electron chi connectivity index (χ0n) is 18.1. The van der Waals surface area contributed by atoms with Gasteiger partial charge in [0.25, 0.3) is 5.91 Å². The summed E-state index contributed by atoms with van der Waals surface area (Å²) in [6.45, 7) is 6.26. The van der Waals surface area contributed by atoms with Crippen molar-refractivity contribution < 1.29 is 9.59 Å². The fourth-order valence-electron chi connectivity index (χ4n) is 5.89. The lowest BCUT2D eigenvalue weighted by atomic mass is 9.89. The Balaban J connectivity index is 1.23. The summed E-state index contributed by atoms with van der Waals surface area (Å²) in [7, 11) is 0. The third-order valence-electron chi connectivity index (χ3n) is 7.43. The molecule has 3 saturated heterocycles. The molecule has 1 aromatic heterocycles. The Bertz CT molecular complexity index is 927. The molecule has 0 N–H and O–H groups in total. The van der Waals surface area contributed by atoms with Gasteiger partial charge in [0.05, 0.1) is 6.04 Å². The lowest BCUT2D eigenvalue weighted by Crippen LogP contribution is -2.47. The molecular weight excluding hydrogens is 388 g/mol. The number of piperidine rings is 1. The topological polar surface area (TPSA) is 56.8 Å². The van der Waals surface area contributed by atoms with Crippen LogP contribution in [0.15, 0.2) is 54.9 Å². The molecule has 31 heavy (non-hydrogen) atoms. The van der Waals surface area contributed by atoms with Crippen LogP contribution >= 0.6 is 0 Å². The minimum absolute atomic E-state index is 0.111. The van der Waals surface area contributed by atoms with Gasteiger partial charge in [-0.1, -0.05) is 30.3 Å². The van der Waals surface area contributed by atoms with Crippen LogP contribution in [0.3, 0.4) is 0 Å². The van der Waals surface area contributed by atoms with Gasteiger partial charge in [-0.2, -0.15) is 0 Å². The van der Waals surface area contributed by atoms with Crippen LogP contribution in [0.1, 0.15) is 41.7 Å². The summed E-state index contributed by atoms with van der Waals surface area (Å²) >= 11 is 0. The average Bonchev–Trinajstić information content (AvgIpc) is 3.38. The molecule has 3 aliphatic heterocycles. The molecule has 0 bridgehead atoms. The number of nitrogens with zero attached hydrogens (tertiary/aromatic N) is 4. The van der Waals surface area contributed by atoms with Crippen LogP contribution in [0, 0.1) is 11.8 Å². The summed E-state index contributed by atoms with van der Waals surface area (Å²) in [5.74, 6) is 1.31. The van der Waals surface area contributed by atoms with E-state index in [0.29, 0.717) is 17.9 Å². The van der Waals surface area contributed by atoms with Gasteiger partial charge in [0, 0.05) is 69.6 Å². The molecule has 0 spiro atoms. The zero-order chi connectivity index (χ0) is 21.4. The quantitative estimate of drug-likeness (QED) is 0.769. The fourth-order valence-corrected chi connectivity index (χ4v) is 5.89. The van der Waals surface area contributed by atoms with Gasteiger partial charge in [-0.3, -0.25) is 19.5 Å². The molecular formula is C25H30N4O2. The predicted octanol–water partition coefficient (Wildman–Crippen LogP) is 2.84. The second-order valence-corrected chi connectivity index (χ2v) is 9.16. The van der Waals surface area contributed by atoms with Crippen molar-refractivity contribution >= 4 is 11.8 Å². The number of fused-ring (bicyclic) bond motifs is 1. The summed E-state index contributed by atoms with van der Waals surface area (Å²) in [6, 6.07) is 14.8. The van der Waals surface area contributed by atoms with Crippen LogP contribution in [0.5, 0.6) is 0 Å². The minimum Gasteiger partial charge on any atom is -0.339 e. The second kappa shape index (κ2) is 8.42. The molecule has 5 rings (SSSR count). The van der Waals surface area contributed by atoms with Crippen LogP contribution in [0.4, 0.5) is 0 Å². The third-order valence-corrected chi connectivity index (χ3v) is 7.43. The summed E-state index contributed by atoms with van der Waals surface area (Å²) in [4.78, 5) is 35.8. The summed E-state index contributed by atoms with van der Waals surface area (Å²) in [6.07, 6.45) is 5.39. The molecule has 3 aliphatic rings. The average molecular weight is 419 g/mol. The second-order valence-electron chi connectivity index (χ2n) is 9.16. The number of aromatic nitrogens is 1. The number of hydrogen-bond donors (Lipinski definition) is 0. The van der Waals surface area contributed by atoms with Gasteiger partial charge < -0.3 is 9.80 Å². The largest absolute Gasteiger partial charge is 0.339 e. The Morgan fingerprint density at radius 2 is 1.65 bits per heavy atom. The molecule has 2 amide bonds. The Hall–Kier alpha value is -2.73. The highest BCUT2D eigenvalue weighted by Gasteiger charge is 2.49. The van der Waals surface area contributed by atoms with Crippen molar-refractivity contribution in [1.29, 1.82) is 0 Å². The Kier molecular flexibility index (Phi) is 5.48. The van der Waals surface area contributed by atoms with Gasteiger partial charge in [0.15, 0.2) is 0 Å². The first kappa shape index (κ1) is 20.2. The first-order valence-electron chi connectivity index (χ1n) is 11.4. The number of hydrogen-bond acceptors (Lipinski definition) is 4. The van der Waals surface area contributed by atoms with Gasteiger partial charge >= 0.3 is 0 Å². The van der Waals surface area contributed by atoms with Crippen LogP contribution in [-0.4, -0.2) is 70.3 Å². The van der Waals surface area contributed by atoms with Crippen LogP contribution in [-0.2, 0) is 4.79 Å². The van der Waals surface area contributed by atoms with Crippen LogP contribution in [0.25, 0.3) is 0 Å². The van der Waals surface area contributed by atoms with Crippen LogP contribution < -0.4 is 0 Å². The normalized spacial score (nSPS) is 26.8. The van der Waals surface area contributed by atoms with Gasteiger partial charge in [-0.05, 0) is 36.5 Å². The van der Waals surface area contributed by atoms with Crippen molar-refractivity contribution in [3.8, 4) is 0 Å². The lowest BCUT2D eigenvalue weighted by molar-refractivity contribution is -0.130. The molecule has 2 aromatic rings. The monoisotopic (exact) mass is 418 g/mol. The number of carbonyl (C=O) groups is 2. The molecule has 0 unspecified atom stereocenters. The summed E-state index contributed by atoms with van der Waals surface area (Å²) in [5.41, 5.74) is 1.98. The number of pyridine rings is 1. The van der Waals surface area contributed by atoms with Crippen LogP contribution in [0.2, 0.25) is 0 Å². The van der Waals surface area contributed by atoms with Crippen molar-refractivity contribution in [3.05, 3.63) is 66.0 Å². The third kappa shape index (κ3) is 3.85. The molecule has 3 fully saturated rings. The lowest BCUT2D eigenvalue weighted by Gasteiger charge is -2.38. The highest BCUT2D eigenvalue weighted by molar-refractivity contribution is 5.94. The molecule has 162 valence electrons. The molecule has 6 heteroatoms.